The first-order valence-corrected chi connectivity index (χ1v) is 7.83. The monoisotopic (exact) mass is 316 g/mol. The van der Waals surface area contributed by atoms with E-state index in [1.807, 2.05) is 18.2 Å². The number of nitrogens with two attached hydrogens (primary N) is 1. The van der Waals surface area contributed by atoms with E-state index < -0.39 is 0 Å². The average Bonchev–Trinajstić information content (AvgIpc) is 2.48. The van der Waals surface area contributed by atoms with Crippen molar-refractivity contribution in [2.24, 2.45) is 5.73 Å². The lowest BCUT2D eigenvalue weighted by atomic mass is 9.96. The highest BCUT2D eigenvalue weighted by atomic mass is 35.5. The van der Waals surface area contributed by atoms with E-state index >= 15 is 0 Å². The van der Waals surface area contributed by atoms with Crippen molar-refractivity contribution in [2.75, 3.05) is 4.90 Å². The van der Waals surface area contributed by atoms with E-state index in [0.29, 0.717) is 16.1 Å². The lowest BCUT2D eigenvalue weighted by molar-refractivity contribution is 0.618. The van der Waals surface area contributed by atoms with Crippen molar-refractivity contribution in [3.8, 4) is 0 Å². The van der Waals surface area contributed by atoms with Crippen LogP contribution in [0.2, 0.25) is 5.02 Å². The molecule has 2 aromatic carbocycles. The molecule has 1 aliphatic heterocycles. The minimum Gasteiger partial charge on any atom is -0.389 e. The smallest absolute Gasteiger partial charge is 0.104 e. The second-order valence-electron chi connectivity index (χ2n) is 5.42. The molecule has 4 heteroatoms. The standard InChI is InChI=1S/C17H17ClN2S/c1-11-6-7-12-4-2-3-5-15(12)20(11)16-9-8-13(17(19)21)10-14(16)18/h2-5,8-11H,6-7H2,1H3,(H2,19,21). The van der Waals surface area contributed by atoms with Crippen molar-refractivity contribution in [3.63, 3.8) is 0 Å². The summed E-state index contributed by atoms with van der Waals surface area (Å²) in [5.74, 6) is 0. The molecule has 2 nitrogen and oxygen atoms in total. The van der Waals surface area contributed by atoms with Gasteiger partial charge in [-0.15, -0.1) is 0 Å². The second kappa shape index (κ2) is 5.66. The van der Waals surface area contributed by atoms with Crippen LogP contribution in [0, 0.1) is 0 Å². The number of thiocarbonyl (C=S) groups is 1. The van der Waals surface area contributed by atoms with Gasteiger partial charge in [0, 0.05) is 17.3 Å². The van der Waals surface area contributed by atoms with Gasteiger partial charge in [0.25, 0.3) is 0 Å². The molecule has 0 bridgehead atoms. The summed E-state index contributed by atoms with van der Waals surface area (Å²) < 4.78 is 0. The number of aryl methyl sites for hydroxylation is 1. The number of para-hydroxylation sites is 1. The van der Waals surface area contributed by atoms with E-state index in [1.54, 1.807) is 0 Å². The second-order valence-corrected chi connectivity index (χ2v) is 6.26. The highest BCUT2D eigenvalue weighted by molar-refractivity contribution is 7.80. The zero-order valence-electron chi connectivity index (χ0n) is 11.8. The fourth-order valence-electron chi connectivity index (χ4n) is 2.91. The summed E-state index contributed by atoms with van der Waals surface area (Å²) >= 11 is 11.5. The van der Waals surface area contributed by atoms with Gasteiger partial charge in [-0.1, -0.05) is 42.0 Å². The topological polar surface area (TPSA) is 29.3 Å². The highest BCUT2D eigenvalue weighted by Crippen LogP contribution is 2.40. The van der Waals surface area contributed by atoms with Gasteiger partial charge in [-0.05, 0) is 49.6 Å². The Bertz CT molecular complexity index is 699. The third-order valence-corrected chi connectivity index (χ3v) is 4.55. The number of benzene rings is 2. The minimum absolute atomic E-state index is 0.371. The largest absolute Gasteiger partial charge is 0.389 e. The number of hydrogen-bond donors (Lipinski definition) is 1. The van der Waals surface area contributed by atoms with Crippen molar-refractivity contribution in [2.45, 2.75) is 25.8 Å². The summed E-state index contributed by atoms with van der Waals surface area (Å²) in [6.45, 7) is 2.23. The molecule has 0 fully saturated rings. The van der Waals surface area contributed by atoms with E-state index in [1.165, 1.54) is 11.3 Å². The van der Waals surface area contributed by atoms with Crippen molar-refractivity contribution in [3.05, 3.63) is 58.6 Å². The van der Waals surface area contributed by atoms with E-state index in [4.69, 9.17) is 29.6 Å². The zero-order valence-corrected chi connectivity index (χ0v) is 13.4. The van der Waals surface area contributed by atoms with Crippen LogP contribution < -0.4 is 10.6 Å². The van der Waals surface area contributed by atoms with E-state index in [9.17, 15) is 0 Å². The Balaban J connectivity index is 2.09. The summed E-state index contributed by atoms with van der Waals surface area (Å²) in [5, 5.41) is 0.684. The molecule has 0 saturated carbocycles. The van der Waals surface area contributed by atoms with Crippen LogP contribution in [0.1, 0.15) is 24.5 Å². The Labute approximate surface area is 135 Å². The number of hydrogen-bond acceptors (Lipinski definition) is 2. The third kappa shape index (κ3) is 2.63. The molecule has 1 atom stereocenters. The van der Waals surface area contributed by atoms with Gasteiger partial charge in [-0.25, -0.2) is 0 Å². The third-order valence-electron chi connectivity index (χ3n) is 4.02. The Morgan fingerprint density at radius 1 is 1.24 bits per heavy atom. The Hall–Kier alpha value is -1.58. The maximum absolute atomic E-state index is 6.48. The van der Waals surface area contributed by atoms with Crippen LogP contribution in [0.15, 0.2) is 42.5 Å². The number of rotatable bonds is 2. The predicted molar refractivity (Wildman–Crippen MR) is 93.7 cm³/mol. The molecule has 0 radical (unpaired) electrons. The molecule has 2 N–H and O–H groups in total. The fraction of sp³-hybridized carbons (Fsp3) is 0.235. The summed E-state index contributed by atoms with van der Waals surface area (Å²) in [5.41, 5.74) is 10.1. The number of fused-ring (bicyclic) bond motifs is 1. The molecular weight excluding hydrogens is 300 g/mol. The van der Waals surface area contributed by atoms with Gasteiger partial charge >= 0.3 is 0 Å². The predicted octanol–water partition coefficient (Wildman–Crippen LogP) is 4.45. The molecule has 1 heterocycles. The van der Waals surface area contributed by atoms with Crippen molar-refractivity contribution in [1.29, 1.82) is 0 Å². The highest BCUT2D eigenvalue weighted by Gasteiger charge is 2.25. The molecule has 21 heavy (non-hydrogen) atoms. The first-order chi connectivity index (χ1) is 10.1. The molecule has 0 amide bonds. The van der Waals surface area contributed by atoms with Crippen molar-refractivity contribution in [1.82, 2.24) is 0 Å². The lowest BCUT2D eigenvalue weighted by Gasteiger charge is -2.37. The Kier molecular flexibility index (Phi) is 3.87. The molecule has 3 rings (SSSR count). The molecule has 2 aromatic rings. The Morgan fingerprint density at radius 2 is 2.00 bits per heavy atom. The van der Waals surface area contributed by atoms with Crippen LogP contribution in [0.3, 0.4) is 0 Å². The van der Waals surface area contributed by atoms with E-state index in [-0.39, 0.29) is 0 Å². The molecule has 0 aliphatic carbocycles. The van der Waals surface area contributed by atoms with Gasteiger partial charge in [0.05, 0.1) is 10.7 Å². The number of nitrogens with zero attached hydrogens (tertiary/aromatic N) is 1. The maximum atomic E-state index is 6.48. The summed E-state index contributed by atoms with van der Waals surface area (Å²) in [6.07, 6.45) is 2.22. The van der Waals surface area contributed by atoms with Gasteiger partial charge < -0.3 is 10.6 Å². The first-order valence-electron chi connectivity index (χ1n) is 7.04. The normalized spacial score (nSPS) is 17.4. The van der Waals surface area contributed by atoms with Crippen LogP contribution in [0.4, 0.5) is 11.4 Å². The summed E-state index contributed by atoms with van der Waals surface area (Å²) in [4.78, 5) is 2.68. The molecule has 0 aromatic heterocycles. The molecule has 0 saturated heterocycles. The van der Waals surface area contributed by atoms with Gasteiger partial charge in [0.2, 0.25) is 0 Å². The van der Waals surface area contributed by atoms with Crippen LogP contribution in [-0.4, -0.2) is 11.0 Å². The SMILES string of the molecule is CC1CCc2ccccc2N1c1ccc(C(N)=S)cc1Cl. The van der Waals surface area contributed by atoms with Crippen LogP contribution in [0.5, 0.6) is 0 Å². The maximum Gasteiger partial charge on any atom is 0.104 e. The number of anilines is 2. The summed E-state index contributed by atoms with van der Waals surface area (Å²) in [6, 6.07) is 14.7. The fourth-order valence-corrected chi connectivity index (χ4v) is 3.31. The van der Waals surface area contributed by atoms with Gasteiger partial charge in [-0.3, -0.25) is 0 Å². The van der Waals surface area contributed by atoms with Gasteiger partial charge in [0.1, 0.15) is 4.99 Å². The van der Waals surface area contributed by atoms with Crippen LogP contribution in [-0.2, 0) is 6.42 Å². The summed E-state index contributed by atoms with van der Waals surface area (Å²) in [7, 11) is 0. The van der Waals surface area contributed by atoms with Crippen molar-refractivity contribution >= 4 is 40.2 Å². The van der Waals surface area contributed by atoms with Crippen molar-refractivity contribution < 1.29 is 0 Å². The van der Waals surface area contributed by atoms with Gasteiger partial charge in [0.15, 0.2) is 0 Å². The molecule has 1 aliphatic rings. The molecule has 108 valence electrons. The quantitative estimate of drug-likeness (QED) is 0.830. The lowest BCUT2D eigenvalue weighted by Crippen LogP contribution is -2.33. The first kappa shape index (κ1) is 14.4. The van der Waals surface area contributed by atoms with Crippen LogP contribution in [0.25, 0.3) is 0 Å². The van der Waals surface area contributed by atoms with Crippen LogP contribution >= 0.6 is 23.8 Å². The minimum atomic E-state index is 0.371. The molecule has 1 unspecified atom stereocenters. The zero-order chi connectivity index (χ0) is 15.0. The Morgan fingerprint density at radius 3 is 2.71 bits per heavy atom. The number of halogens is 1. The van der Waals surface area contributed by atoms with E-state index in [2.05, 4.69) is 36.1 Å². The van der Waals surface area contributed by atoms with E-state index in [0.717, 1.165) is 24.1 Å². The molecular formula is C17H17ClN2S. The van der Waals surface area contributed by atoms with Gasteiger partial charge in [-0.2, -0.15) is 0 Å². The molecule has 0 spiro atoms. The average molecular weight is 317 g/mol.